The number of phenolic OH excluding ortho intramolecular Hbond substituents is 2. The van der Waals surface area contributed by atoms with E-state index in [1.165, 1.54) is 24.3 Å². The van der Waals surface area contributed by atoms with Crippen molar-refractivity contribution >= 4 is 28.9 Å². The molecule has 0 saturated heterocycles. The summed E-state index contributed by atoms with van der Waals surface area (Å²) in [6.07, 6.45) is 0.636. The minimum atomic E-state index is -1.28. The zero-order chi connectivity index (χ0) is 21.0. The molecular formula is C23H17NO5S. The van der Waals surface area contributed by atoms with Crippen LogP contribution in [0.5, 0.6) is 23.0 Å². The number of hydrogen-bond acceptors (Lipinski definition) is 6. The summed E-state index contributed by atoms with van der Waals surface area (Å²) in [5.74, 6) is 0.223. The molecule has 0 unspecified atom stereocenters. The Bertz CT molecular complexity index is 1180. The first-order valence-corrected chi connectivity index (χ1v) is 9.86. The standard InChI is InChI=1S/C23H17NO5S/c1-2-20(30)24-17-5-3-4-16-21(17)22(27)29-23(16)14-8-6-12(25)10-18(14)28-19-11-13(26)7-9-15(19)23/h3-11,25-26H,2H2,1H3,(H,24,30). The second kappa shape index (κ2) is 6.47. The largest absolute Gasteiger partial charge is 0.508 e. The molecule has 6 nitrogen and oxygen atoms in total. The van der Waals surface area contributed by atoms with E-state index < -0.39 is 11.6 Å². The average Bonchev–Trinajstić information content (AvgIpc) is 3.01. The number of hydrogen-bond donors (Lipinski definition) is 3. The second-order valence-electron chi connectivity index (χ2n) is 7.16. The number of esters is 1. The lowest BCUT2D eigenvalue weighted by atomic mass is 9.77. The number of ether oxygens (including phenoxy) is 2. The molecule has 2 heterocycles. The first-order chi connectivity index (χ1) is 14.4. The Hall–Kier alpha value is -3.58. The number of carbonyl (C=O) groups excluding carboxylic acids is 1. The number of anilines is 1. The van der Waals surface area contributed by atoms with Crippen LogP contribution in [-0.2, 0) is 10.3 Å². The monoisotopic (exact) mass is 419 g/mol. The molecule has 1 spiro atoms. The molecule has 0 fully saturated rings. The van der Waals surface area contributed by atoms with Gasteiger partial charge < -0.3 is 25.0 Å². The van der Waals surface area contributed by atoms with Gasteiger partial charge in [0.05, 0.1) is 16.2 Å². The molecule has 7 heteroatoms. The van der Waals surface area contributed by atoms with Crippen molar-refractivity contribution in [1.29, 1.82) is 0 Å². The van der Waals surface area contributed by atoms with Crippen molar-refractivity contribution in [2.75, 3.05) is 5.32 Å². The average molecular weight is 419 g/mol. The Morgan fingerprint density at radius 1 is 1.00 bits per heavy atom. The molecule has 3 aromatic rings. The van der Waals surface area contributed by atoms with Crippen LogP contribution in [0.3, 0.4) is 0 Å². The normalized spacial score (nSPS) is 14.9. The van der Waals surface area contributed by atoms with Crippen LogP contribution < -0.4 is 10.1 Å². The molecule has 5 rings (SSSR count). The number of rotatable bonds is 2. The number of aromatic hydroxyl groups is 2. The summed E-state index contributed by atoms with van der Waals surface area (Å²) >= 11 is 5.31. The molecule has 30 heavy (non-hydrogen) atoms. The molecule has 2 aliphatic heterocycles. The zero-order valence-corrected chi connectivity index (χ0v) is 16.7. The van der Waals surface area contributed by atoms with Crippen molar-refractivity contribution in [2.24, 2.45) is 0 Å². The summed E-state index contributed by atoms with van der Waals surface area (Å²) in [5.41, 5.74) is 1.50. The van der Waals surface area contributed by atoms with Gasteiger partial charge in [-0.2, -0.15) is 0 Å². The van der Waals surface area contributed by atoms with Crippen molar-refractivity contribution in [3.05, 3.63) is 76.9 Å². The van der Waals surface area contributed by atoms with Crippen molar-refractivity contribution in [3.63, 3.8) is 0 Å². The maximum Gasteiger partial charge on any atom is 0.342 e. The van der Waals surface area contributed by atoms with Gasteiger partial charge in [0, 0.05) is 28.8 Å². The number of phenols is 2. The number of thiocarbonyl (C=S) groups is 1. The van der Waals surface area contributed by atoms with E-state index in [1.807, 2.05) is 19.1 Å². The van der Waals surface area contributed by atoms with Gasteiger partial charge in [0.15, 0.2) is 5.60 Å². The van der Waals surface area contributed by atoms with Crippen molar-refractivity contribution in [3.8, 4) is 23.0 Å². The maximum absolute atomic E-state index is 13.1. The third kappa shape index (κ3) is 2.48. The highest BCUT2D eigenvalue weighted by molar-refractivity contribution is 7.80. The molecule has 3 aromatic carbocycles. The summed E-state index contributed by atoms with van der Waals surface area (Å²) < 4.78 is 12.0. The fourth-order valence-electron chi connectivity index (χ4n) is 4.09. The van der Waals surface area contributed by atoms with Crippen LogP contribution >= 0.6 is 12.2 Å². The summed E-state index contributed by atoms with van der Waals surface area (Å²) in [7, 11) is 0. The summed E-state index contributed by atoms with van der Waals surface area (Å²) in [6.45, 7) is 1.93. The molecule has 0 bridgehead atoms. The molecular weight excluding hydrogens is 402 g/mol. The Morgan fingerprint density at radius 2 is 1.63 bits per heavy atom. The number of fused-ring (bicyclic) bond motifs is 6. The lowest BCUT2D eigenvalue weighted by Gasteiger charge is -2.36. The number of nitrogens with one attached hydrogen (secondary N) is 1. The van der Waals surface area contributed by atoms with E-state index in [9.17, 15) is 15.0 Å². The fourth-order valence-corrected chi connectivity index (χ4v) is 4.20. The summed E-state index contributed by atoms with van der Waals surface area (Å²) in [6, 6.07) is 14.8. The number of carbonyl (C=O) groups is 1. The van der Waals surface area contributed by atoms with Crippen LogP contribution in [0.25, 0.3) is 0 Å². The minimum Gasteiger partial charge on any atom is -0.508 e. The third-order valence-corrected chi connectivity index (χ3v) is 5.79. The van der Waals surface area contributed by atoms with Gasteiger partial charge >= 0.3 is 5.97 Å². The Kier molecular flexibility index (Phi) is 3.98. The van der Waals surface area contributed by atoms with E-state index in [4.69, 9.17) is 21.7 Å². The molecule has 3 N–H and O–H groups in total. The predicted octanol–water partition coefficient (Wildman–Crippen LogP) is 4.82. The van der Waals surface area contributed by atoms with Gasteiger partial charge in [-0.15, -0.1) is 0 Å². The Balaban J connectivity index is 1.82. The summed E-state index contributed by atoms with van der Waals surface area (Å²) in [4.78, 5) is 13.7. The lowest BCUT2D eigenvalue weighted by molar-refractivity contribution is 0.0224. The molecule has 0 amide bonds. The molecule has 0 aliphatic carbocycles. The molecule has 2 aliphatic rings. The highest BCUT2D eigenvalue weighted by Crippen LogP contribution is 2.57. The van der Waals surface area contributed by atoms with E-state index in [0.29, 0.717) is 50.8 Å². The van der Waals surface area contributed by atoms with Gasteiger partial charge in [0.2, 0.25) is 0 Å². The van der Waals surface area contributed by atoms with E-state index in [0.717, 1.165) is 0 Å². The molecule has 0 saturated carbocycles. The SMILES string of the molecule is CCC(=S)Nc1cccc2c1C(=O)OC21c2ccc(O)cc2Oc2cc(O)ccc21. The number of benzene rings is 3. The first kappa shape index (κ1) is 18.4. The van der Waals surface area contributed by atoms with Gasteiger partial charge in [-0.25, -0.2) is 4.79 Å². The van der Waals surface area contributed by atoms with E-state index in [-0.39, 0.29) is 11.5 Å². The van der Waals surface area contributed by atoms with Crippen LogP contribution in [0.2, 0.25) is 0 Å². The third-order valence-electron chi connectivity index (χ3n) is 5.40. The van der Waals surface area contributed by atoms with Crippen LogP contribution in [0.1, 0.15) is 40.4 Å². The molecule has 0 radical (unpaired) electrons. The van der Waals surface area contributed by atoms with Crippen molar-refractivity contribution in [1.82, 2.24) is 0 Å². The lowest BCUT2D eigenvalue weighted by Crippen LogP contribution is -2.32. The van der Waals surface area contributed by atoms with Crippen LogP contribution in [-0.4, -0.2) is 21.2 Å². The van der Waals surface area contributed by atoms with Crippen molar-refractivity contribution < 1.29 is 24.5 Å². The Labute approximate surface area is 177 Å². The van der Waals surface area contributed by atoms with Crippen molar-refractivity contribution in [2.45, 2.75) is 18.9 Å². The van der Waals surface area contributed by atoms with Gasteiger partial charge in [-0.1, -0.05) is 31.3 Å². The molecule has 0 aromatic heterocycles. The highest BCUT2D eigenvalue weighted by atomic mass is 32.1. The fraction of sp³-hybridized carbons (Fsp3) is 0.130. The van der Waals surface area contributed by atoms with E-state index in [1.54, 1.807) is 18.2 Å². The quantitative estimate of drug-likeness (QED) is 0.406. The molecule has 150 valence electrons. The Morgan fingerprint density at radius 3 is 2.23 bits per heavy atom. The predicted molar refractivity (Wildman–Crippen MR) is 115 cm³/mol. The zero-order valence-electron chi connectivity index (χ0n) is 15.9. The minimum absolute atomic E-state index is 0.0146. The van der Waals surface area contributed by atoms with E-state index in [2.05, 4.69) is 5.32 Å². The van der Waals surface area contributed by atoms with Gasteiger partial charge in [0.1, 0.15) is 23.0 Å². The van der Waals surface area contributed by atoms with Crippen LogP contribution in [0.15, 0.2) is 54.6 Å². The van der Waals surface area contributed by atoms with Gasteiger partial charge in [-0.05, 0) is 36.8 Å². The second-order valence-corrected chi connectivity index (χ2v) is 7.66. The smallest absolute Gasteiger partial charge is 0.342 e. The van der Waals surface area contributed by atoms with Crippen LogP contribution in [0.4, 0.5) is 5.69 Å². The van der Waals surface area contributed by atoms with Gasteiger partial charge in [-0.3, -0.25) is 0 Å². The van der Waals surface area contributed by atoms with Crippen LogP contribution in [0, 0.1) is 0 Å². The maximum atomic E-state index is 13.1. The summed E-state index contributed by atoms with van der Waals surface area (Å²) in [5, 5.41) is 23.1. The van der Waals surface area contributed by atoms with Gasteiger partial charge in [0.25, 0.3) is 0 Å². The first-order valence-electron chi connectivity index (χ1n) is 9.45. The highest BCUT2D eigenvalue weighted by Gasteiger charge is 2.54. The van der Waals surface area contributed by atoms with E-state index >= 15 is 0 Å². The topological polar surface area (TPSA) is 88.0 Å². The molecule has 0 atom stereocenters.